The van der Waals surface area contributed by atoms with E-state index in [9.17, 15) is 9.59 Å². The van der Waals surface area contributed by atoms with Crippen LogP contribution in [0.25, 0.3) is 0 Å². The van der Waals surface area contributed by atoms with E-state index < -0.39 is 5.97 Å². The maximum Gasteiger partial charge on any atom is 0.339 e. The highest BCUT2D eigenvalue weighted by molar-refractivity contribution is 7.99. The maximum absolute atomic E-state index is 12.3. The molecule has 140 valence electrons. The first-order valence-corrected chi connectivity index (χ1v) is 9.49. The van der Waals surface area contributed by atoms with Crippen molar-refractivity contribution in [2.75, 3.05) is 18.2 Å². The van der Waals surface area contributed by atoms with E-state index in [1.54, 1.807) is 24.3 Å². The summed E-state index contributed by atoms with van der Waals surface area (Å²) in [5.74, 6) is 0.659. The molecule has 26 heavy (non-hydrogen) atoms. The predicted molar refractivity (Wildman–Crippen MR) is 102 cm³/mol. The van der Waals surface area contributed by atoms with Crippen LogP contribution in [0.4, 0.5) is 5.69 Å². The number of thioether (sulfide) groups is 1. The third-order valence-corrected chi connectivity index (χ3v) is 4.61. The summed E-state index contributed by atoms with van der Waals surface area (Å²) in [6.07, 6.45) is 0.962. The minimum absolute atomic E-state index is 0.176. The van der Waals surface area contributed by atoms with Crippen molar-refractivity contribution < 1.29 is 14.3 Å². The molecule has 0 aliphatic rings. The van der Waals surface area contributed by atoms with Crippen LogP contribution in [-0.4, -0.2) is 39.5 Å². The Labute approximate surface area is 157 Å². The van der Waals surface area contributed by atoms with Crippen LogP contribution >= 0.6 is 11.8 Å². The van der Waals surface area contributed by atoms with Gasteiger partial charge in [-0.15, -0.1) is 10.2 Å². The number of aromatic nitrogens is 3. The lowest BCUT2D eigenvalue weighted by Crippen LogP contribution is -2.17. The van der Waals surface area contributed by atoms with Crippen LogP contribution in [0.5, 0.6) is 0 Å². The fraction of sp³-hybridized carbons (Fsp3) is 0.444. The van der Waals surface area contributed by atoms with Gasteiger partial charge in [-0.1, -0.05) is 44.7 Å². The van der Waals surface area contributed by atoms with Crippen molar-refractivity contribution in [1.29, 1.82) is 0 Å². The molecule has 0 saturated carbocycles. The van der Waals surface area contributed by atoms with Gasteiger partial charge in [-0.3, -0.25) is 4.79 Å². The molecule has 1 aromatic heterocycles. The third-order valence-electron chi connectivity index (χ3n) is 3.65. The molecule has 2 rings (SSSR count). The molecule has 0 atom stereocenters. The van der Waals surface area contributed by atoms with Crippen molar-refractivity contribution in [3.63, 3.8) is 0 Å². The van der Waals surface area contributed by atoms with E-state index in [0.717, 1.165) is 23.9 Å². The summed E-state index contributed by atoms with van der Waals surface area (Å²) >= 11 is 1.33. The Balaban J connectivity index is 2.05. The van der Waals surface area contributed by atoms with Crippen LogP contribution in [0.15, 0.2) is 29.4 Å². The summed E-state index contributed by atoms with van der Waals surface area (Å²) in [5, 5.41) is 11.9. The average molecular weight is 376 g/mol. The van der Waals surface area contributed by atoms with Gasteiger partial charge in [0.25, 0.3) is 0 Å². The summed E-state index contributed by atoms with van der Waals surface area (Å²) in [6.45, 7) is 7.05. The second-order valence-electron chi connectivity index (χ2n) is 6.02. The molecule has 2 aromatic rings. The van der Waals surface area contributed by atoms with Crippen LogP contribution in [0, 0.1) is 0 Å². The number of hydrogen-bond acceptors (Lipinski definition) is 6. The van der Waals surface area contributed by atoms with Gasteiger partial charge in [-0.25, -0.2) is 4.79 Å². The predicted octanol–water partition coefficient (Wildman–Crippen LogP) is 3.33. The lowest BCUT2D eigenvalue weighted by molar-refractivity contribution is -0.113. The van der Waals surface area contributed by atoms with E-state index >= 15 is 0 Å². The fourth-order valence-corrected chi connectivity index (χ4v) is 3.24. The molecule has 0 bridgehead atoms. The summed E-state index contributed by atoms with van der Waals surface area (Å²) in [4.78, 5) is 24.1. The van der Waals surface area contributed by atoms with E-state index in [-0.39, 0.29) is 17.6 Å². The molecule has 0 saturated heterocycles. The molecule has 0 spiro atoms. The number of nitrogens with one attached hydrogen (secondary N) is 1. The van der Waals surface area contributed by atoms with Gasteiger partial charge in [0.2, 0.25) is 5.91 Å². The highest BCUT2D eigenvalue weighted by atomic mass is 32.2. The summed E-state index contributed by atoms with van der Waals surface area (Å²) < 4.78 is 6.80. The first-order chi connectivity index (χ1) is 12.5. The van der Waals surface area contributed by atoms with Crippen molar-refractivity contribution >= 4 is 29.3 Å². The van der Waals surface area contributed by atoms with Gasteiger partial charge in [0.15, 0.2) is 5.16 Å². The zero-order valence-corrected chi connectivity index (χ0v) is 16.3. The second kappa shape index (κ2) is 9.38. The number of rotatable bonds is 8. The van der Waals surface area contributed by atoms with E-state index in [1.807, 2.05) is 0 Å². The van der Waals surface area contributed by atoms with Crippen LogP contribution in [0.1, 0.15) is 49.3 Å². The Kier molecular flexibility index (Phi) is 7.20. The van der Waals surface area contributed by atoms with Gasteiger partial charge in [-0.2, -0.15) is 0 Å². The summed E-state index contributed by atoms with van der Waals surface area (Å²) in [7, 11) is 1.31. The molecule has 0 aliphatic heterocycles. The molecule has 0 unspecified atom stereocenters. The van der Waals surface area contributed by atoms with E-state index in [1.165, 1.54) is 18.9 Å². The molecule has 0 radical (unpaired) electrons. The van der Waals surface area contributed by atoms with Gasteiger partial charge >= 0.3 is 5.97 Å². The van der Waals surface area contributed by atoms with E-state index in [0.29, 0.717) is 11.3 Å². The van der Waals surface area contributed by atoms with Crippen LogP contribution < -0.4 is 5.32 Å². The van der Waals surface area contributed by atoms with Crippen molar-refractivity contribution in [2.24, 2.45) is 0 Å². The molecular formula is C18H24N4O3S. The average Bonchev–Trinajstić information content (AvgIpc) is 3.03. The van der Waals surface area contributed by atoms with Crippen LogP contribution in [0.3, 0.4) is 0 Å². The Bertz CT molecular complexity index is 774. The molecule has 0 fully saturated rings. The standard InChI is InChI=1S/C18H24N4O3S/c1-5-10-22-16(12(2)3)20-21-18(22)26-11-15(23)19-14-9-7-6-8-13(14)17(24)25-4/h6-9,12H,5,10-11H2,1-4H3,(H,19,23). The minimum atomic E-state index is -0.488. The summed E-state index contributed by atoms with van der Waals surface area (Å²) in [5.41, 5.74) is 0.757. The van der Waals surface area contributed by atoms with Crippen LogP contribution in [0.2, 0.25) is 0 Å². The Morgan fingerprint density at radius 3 is 2.65 bits per heavy atom. The maximum atomic E-state index is 12.3. The minimum Gasteiger partial charge on any atom is -0.465 e. The number of carbonyl (C=O) groups is 2. The molecule has 1 N–H and O–H groups in total. The first-order valence-electron chi connectivity index (χ1n) is 8.51. The number of carbonyl (C=O) groups excluding carboxylic acids is 2. The first kappa shape index (κ1) is 20.0. The lowest BCUT2D eigenvalue weighted by Gasteiger charge is -2.11. The number of hydrogen-bond donors (Lipinski definition) is 1. The van der Waals surface area contributed by atoms with Crippen molar-refractivity contribution in [2.45, 2.75) is 44.8 Å². The smallest absolute Gasteiger partial charge is 0.339 e. The van der Waals surface area contributed by atoms with Crippen molar-refractivity contribution in [3.05, 3.63) is 35.7 Å². The monoisotopic (exact) mass is 376 g/mol. The Morgan fingerprint density at radius 1 is 1.27 bits per heavy atom. The highest BCUT2D eigenvalue weighted by Gasteiger charge is 2.17. The van der Waals surface area contributed by atoms with Gasteiger partial charge in [0.05, 0.1) is 24.1 Å². The number of anilines is 1. The topological polar surface area (TPSA) is 86.1 Å². The largest absolute Gasteiger partial charge is 0.465 e. The molecule has 1 heterocycles. The van der Waals surface area contributed by atoms with Crippen molar-refractivity contribution in [3.8, 4) is 0 Å². The SMILES string of the molecule is CCCn1c(SCC(=O)Nc2ccccc2C(=O)OC)nnc1C(C)C. The summed E-state index contributed by atoms with van der Waals surface area (Å²) in [6, 6.07) is 6.76. The van der Waals surface area contributed by atoms with Crippen molar-refractivity contribution in [1.82, 2.24) is 14.8 Å². The highest BCUT2D eigenvalue weighted by Crippen LogP contribution is 2.22. The molecule has 0 aliphatic carbocycles. The molecular weight excluding hydrogens is 352 g/mol. The molecule has 7 nitrogen and oxygen atoms in total. The van der Waals surface area contributed by atoms with Gasteiger partial charge < -0.3 is 14.6 Å². The van der Waals surface area contributed by atoms with Gasteiger partial charge in [-0.05, 0) is 18.6 Å². The zero-order valence-electron chi connectivity index (χ0n) is 15.5. The number of nitrogens with zero attached hydrogens (tertiary/aromatic N) is 3. The van der Waals surface area contributed by atoms with E-state index in [4.69, 9.17) is 4.74 Å². The Morgan fingerprint density at radius 2 is 2.00 bits per heavy atom. The second-order valence-corrected chi connectivity index (χ2v) is 6.96. The molecule has 1 amide bonds. The van der Waals surface area contributed by atoms with Crippen LogP contribution in [-0.2, 0) is 16.1 Å². The zero-order chi connectivity index (χ0) is 19.1. The number of amides is 1. The number of ether oxygens (including phenoxy) is 1. The Hall–Kier alpha value is -2.35. The van der Waals surface area contributed by atoms with Gasteiger partial charge in [0, 0.05) is 12.5 Å². The number of para-hydroxylation sites is 1. The number of esters is 1. The third kappa shape index (κ3) is 4.85. The molecule has 8 heteroatoms. The molecule has 1 aromatic carbocycles. The normalized spacial score (nSPS) is 10.8. The van der Waals surface area contributed by atoms with E-state index in [2.05, 4.69) is 40.9 Å². The quantitative estimate of drug-likeness (QED) is 0.562. The number of methoxy groups -OCH3 is 1. The number of benzene rings is 1. The van der Waals surface area contributed by atoms with Gasteiger partial charge in [0.1, 0.15) is 5.82 Å². The lowest BCUT2D eigenvalue weighted by atomic mass is 10.2. The fourth-order valence-electron chi connectivity index (χ4n) is 2.46.